The average molecular weight is 410 g/mol. The maximum atomic E-state index is 12.3. The highest BCUT2D eigenvalue weighted by Gasteiger charge is 2.43. The zero-order chi connectivity index (χ0) is 21.9. The van der Waals surface area contributed by atoms with Gasteiger partial charge in [0.1, 0.15) is 11.7 Å². The number of carbonyl (C=O) groups is 2. The fourth-order valence-corrected chi connectivity index (χ4v) is 3.66. The molecule has 1 aromatic carbocycles. The molecule has 0 aliphatic heterocycles. The minimum absolute atomic E-state index is 0.122. The van der Waals surface area contributed by atoms with Crippen LogP contribution < -0.4 is 5.32 Å². The van der Waals surface area contributed by atoms with Crippen LogP contribution in [0.25, 0.3) is 0 Å². The summed E-state index contributed by atoms with van der Waals surface area (Å²) in [4.78, 5) is 24.4. The first kappa shape index (κ1) is 24.2. The van der Waals surface area contributed by atoms with Crippen molar-refractivity contribution < 1.29 is 23.9 Å². The highest BCUT2D eigenvalue weighted by atomic mass is 28.4. The van der Waals surface area contributed by atoms with Crippen LogP contribution in [0.15, 0.2) is 24.3 Å². The molecule has 0 saturated carbocycles. The van der Waals surface area contributed by atoms with E-state index in [2.05, 4.69) is 39.2 Å². The molecule has 1 rings (SSSR count). The summed E-state index contributed by atoms with van der Waals surface area (Å²) < 4.78 is 11.8. The summed E-state index contributed by atoms with van der Waals surface area (Å²) in [6, 6.07) is 6.21. The molecule has 0 saturated heterocycles. The first-order valence-corrected chi connectivity index (χ1v) is 12.4. The van der Waals surface area contributed by atoms with Crippen LogP contribution >= 0.6 is 0 Å². The lowest BCUT2D eigenvalue weighted by Crippen LogP contribution is -2.51. The number of benzene rings is 1. The van der Waals surface area contributed by atoms with Gasteiger partial charge in [-0.25, -0.2) is 9.59 Å². The van der Waals surface area contributed by atoms with Crippen molar-refractivity contribution in [2.45, 2.75) is 84.3 Å². The van der Waals surface area contributed by atoms with E-state index in [1.165, 1.54) is 0 Å². The number of ether oxygens (including phenoxy) is 1. The fourth-order valence-electron chi connectivity index (χ4n) is 2.41. The van der Waals surface area contributed by atoms with Crippen molar-refractivity contribution in [1.29, 1.82) is 0 Å². The van der Waals surface area contributed by atoms with E-state index in [0.717, 1.165) is 11.1 Å². The second-order valence-corrected chi connectivity index (χ2v) is 14.4. The third-order valence-electron chi connectivity index (χ3n) is 4.96. The predicted octanol–water partition coefficient (Wildman–Crippen LogP) is 5.04. The van der Waals surface area contributed by atoms with Gasteiger partial charge in [-0.2, -0.15) is 0 Å². The lowest BCUT2D eigenvalue weighted by Gasteiger charge is -2.41. The zero-order valence-corrected chi connectivity index (χ0v) is 19.5. The number of carboxylic acid groups (broad SMARTS) is 1. The van der Waals surface area contributed by atoms with E-state index in [9.17, 15) is 14.7 Å². The van der Waals surface area contributed by atoms with Crippen molar-refractivity contribution in [3.63, 3.8) is 0 Å². The van der Waals surface area contributed by atoms with Crippen molar-refractivity contribution >= 4 is 20.4 Å². The van der Waals surface area contributed by atoms with Crippen LogP contribution in [0.5, 0.6) is 0 Å². The van der Waals surface area contributed by atoms with E-state index in [4.69, 9.17) is 9.16 Å². The van der Waals surface area contributed by atoms with Crippen molar-refractivity contribution in [2.24, 2.45) is 0 Å². The van der Waals surface area contributed by atoms with Gasteiger partial charge in [-0.05, 0) is 57.0 Å². The van der Waals surface area contributed by atoms with E-state index < -0.39 is 38.1 Å². The van der Waals surface area contributed by atoms with Crippen LogP contribution in [0, 0.1) is 6.92 Å². The summed E-state index contributed by atoms with van der Waals surface area (Å²) in [7, 11) is -2.34. The Labute approximate surface area is 169 Å². The Morgan fingerprint density at radius 3 is 2.04 bits per heavy atom. The number of hydrogen-bond acceptors (Lipinski definition) is 4. The van der Waals surface area contributed by atoms with E-state index in [0.29, 0.717) is 0 Å². The summed E-state index contributed by atoms with van der Waals surface area (Å²) in [6.07, 6.45) is -1.61. The molecule has 0 radical (unpaired) electrons. The number of aliphatic carboxylic acids is 1. The van der Waals surface area contributed by atoms with Crippen molar-refractivity contribution in [3.8, 4) is 0 Å². The molecule has 7 heteroatoms. The molecule has 0 aromatic heterocycles. The number of carboxylic acids is 1. The molecule has 2 atom stereocenters. The molecule has 1 aromatic rings. The van der Waals surface area contributed by atoms with Gasteiger partial charge in [0.15, 0.2) is 14.4 Å². The number of nitrogens with one attached hydrogen (secondary N) is 1. The third kappa shape index (κ3) is 6.63. The van der Waals surface area contributed by atoms with Crippen LogP contribution in [0.1, 0.15) is 58.8 Å². The molecule has 28 heavy (non-hydrogen) atoms. The van der Waals surface area contributed by atoms with E-state index >= 15 is 0 Å². The Morgan fingerprint density at radius 1 is 1.07 bits per heavy atom. The quantitative estimate of drug-likeness (QED) is 0.643. The Kier molecular flexibility index (Phi) is 7.47. The minimum atomic E-state index is -2.34. The van der Waals surface area contributed by atoms with Gasteiger partial charge in [-0.15, -0.1) is 0 Å². The second kappa shape index (κ2) is 8.65. The van der Waals surface area contributed by atoms with Crippen LogP contribution in [-0.2, 0) is 14.0 Å². The van der Waals surface area contributed by atoms with Gasteiger partial charge in [0.2, 0.25) is 0 Å². The van der Waals surface area contributed by atoms with Crippen LogP contribution in [0.3, 0.4) is 0 Å². The number of rotatable bonds is 6. The van der Waals surface area contributed by atoms with Crippen molar-refractivity contribution in [2.75, 3.05) is 0 Å². The predicted molar refractivity (Wildman–Crippen MR) is 113 cm³/mol. The molecule has 0 aliphatic rings. The first-order chi connectivity index (χ1) is 12.5. The molecule has 0 aliphatic carbocycles. The molecule has 6 nitrogen and oxygen atoms in total. The van der Waals surface area contributed by atoms with Crippen molar-refractivity contribution in [3.05, 3.63) is 35.4 Å². The molecular weight excluding hydrogens is 374 g/mol. The fraction of sp³-hybridized carbons (Fsp3) is 0.619. The molecule has 0 spiro atoms. The molecule has 0 bridgehead atoms. The van der Waals surface area contributed by atoms with Crippen LogP contribution in [0.2, 0.25) is 18.1 Å². The highest BCUT2D eigenvalue weighted by molar-refractivity contribution is 6.74. The maximum Gasteiger partial charge on any atom is 0.408 e. The van der Waals surface area contributed by atoms with Crippen LogP contribution in [0.4, 0.5) is 4.79 Å². The molecule has 0 unspecified atom stereocenters. The van der Waals surface area contributed by atoms with E-state index in [1.54, 1.807) is 20.8 Å². The Balaban J connectivity index is 3.36. The molecule has 0 fully saturated rings. The topological polar surface area (TPSA) is 84.9 Å². The smallest absolute Gasteiger partial charge is 0.408 e. The second-order valence-electron chi connectivity index (χ2n) is 9.62. The summed E-state index contributed by atoms with van der Waals surface area (Å²) in [5, 5.41) is 12.3. The SMILES string of the molecule is Cc1ccccc1[C@@H](O[Si](C)(C)C(C)(C)C)[C@H](NC(=O)OC(C)(C)C)C(=O)O. The Bertz CT molecular complexity index is 703. The number of carbonyl (C=O) groups excluding carboxylic acids is 1. The Hall–Kier alpha value is -1.86. The number of alkyl carbamates (subject to hydrolysis) is 1. The zero-order valence-electron chi connectivity index (χ0n) is 18.5. The van der Waals surface area contributed by atoms with Gasteiger partial charge >= 0.3 is 12.1 Å². The lowest BCUT2D eigenvalue weighted by molar-refractivity contribution is -0.142. The van der Waals surface area contributed by atoms with Gasteiger partial charge < -0.3 is 19.6 Å². The normalized spacial score (nSPS) is 14.9. The number of hydrogen-bond donors (Lipinski definition) is 2. The summed E-state index contributed by atoms with van der Waals surface area (Å²) in [5.41, 5.74) is 0.921. The van der Waals surface area contributed by atoms with Gasteiger partial charge in [-0.3, -0.25) is 0 Å². The van der Waals surface area contributed by atoms with Crippen LogP contribution in [-0.4, -0.2) is 37.1 Å². The van der Waals surface area contributed by atoms with Gasteiger partial charge in [0, 0.05) is 0 Å². The first-order valence-electron chi connectivity index (χ1n) is 9.51. The third-order valence-corrected chi connectivity index (χ3v) is 9.42. The van der Waals surface area contributed by atoms with Gasteiger partial charge in [0.05, 0.1) is 0 Å². The Morgan fingerprint density at radius 2 is 1.61 bits per heavy atom. The maximum absolute atomic E-state index is 12.3. The molecular formula is C21H35NO5Si. The van der Waals surface area contributed by atoms with Crippen molar-refractivity contribution in [1.82, 2.24) is 5.32 Å². The summed E-state index contributed by atoms with van der Waals surface area (Å²) >= 11 is 0. The number of amides is 1. The lowest BCUT2D eigenvalue weighted by atomic mass is 9.98. The summed E-state index contributed by atoms with van der Waals surface area (Å²) in [5.74, 6) is -1.17. The van der Waals surface area contributed by atoms with Gasteiger partial charge in [0.25, 0.3) is 0 Å². The highest BCUT2D eigenvalue weighted by Crippen LogP contribution is 2.41. The molecule has 158 valence electrons. The molecule has 1 amide bonds. The number of aryl methyl sites for hydroxylation is 1. The standard InChI is InChI=1S/C21H35NO5Si/c1-14-12-10-11-13-15(14)17(27-28(8,9)21(5,6)7)16(18(23)24)22-19(25)26-20(2,3)4/h10-13,16-17H,1-9H3,(H,22,25)(H,23,24)/t16-,17+/m0/s1. The minimum Gasteiger partial charge on any atom is -0.480 e. The van der Waals surface area contributed by atoms with E-state index in [-0.39, 0.29) is 5.04 Å². The summed E-state index contributed by atoms with van der Waals surface area (Å²) in [6.45, 7) is 17.5. The molecule has 0 heterocycles. The average Bonchev–Trinajstić information content (AvgIpc) is 2.48. The molecule has 2 N–H and O–H groups in total. The largest absolute Gasteiger partial charge is 0.480 e. The van der Waals surface area contributed by atoms with E-state index in [1.807, 2.05) is 31.2 Å². The van der Waals surface area contributed by atoms with Gasteiger partial charge in [-0.1, -0.05) is 45.0 Å². The monoisotopic (exact) mass is 409 g/mol.